The van der Waals surface area contributed by atoms with Gasteiger partial charge in [0.1, 0.15) is 11.6 Å². The standard InChI is InChI=1S/C14H15F2N3O/c15-11-4-9(5-12(16)7-11)6-13-18-14(20-19-13)10-2-1-3-17-8-10/h4-5,7,10,17H,1-3,6,8H2. The molecule has 6 heteroatoms. The molecule has 0 bridgehead atoms. The number of hydrogen-bond donors (Lipinski definition) is 1. The third-order valence-electron chi connectivity index (χ3n) is 3.41. The van der Waals surface area contributed by atoms with Crippen LogP contribution in [0.5, 0.6) is 0 Å². The van der Waals surface area contributed by atoms with Crippen molar-refractivity contribution in [2.75, 3.05) is 13.1 Å². The van der Waals surface area contributed by atoms with Gasteiger partial charge in [0.25, 0.3) is 0 Å². The minimum atomic E-state index is -0.597. The van der Waals surface area contributed by atoms with Gasteiger partial charge in [0.2, 0.25) is 5.89 Å². The number of nitrogens with zero attached hydrogens (tertiary/aromatic N) is 2. The van der Waals surface area contributed by atoms with Crippen LogP contribution in [0.15, 0.2) is 22.7 Å². The second-order valence-electron chi connectivity index (χ2n) is 5.05. The summed E-state index contributed by atoms with van der Waals surface area (Å²) in [5.74, 6) is 0.0919. The van der Waals surface area contributed by atoms with E-state index in [9.17, 15) is 8.78 Å². The summed E-state index contributed by atoms with van der Waals surface area (Å²) in [5, 5.41) is 7.17. The molecule has 1 aliphatic rings. The summed E-state index contributed by atoms with van der Waals surface area (Å²) >= 11 is 0. The fraction of sp³-hybridized carbons (Fsp3) is 0.429. The molecule has 1 N–H and O–H groups in total. The fourth-order valence-corrected chi connectivity index (χ4v) is 2.46. The van der Waals surface area contributed by atoms with Crippen LogP contribution in [0.2, 0.25) is 0 Å². The highest BCUT2D eigenvalue weighted by atomic mass is 19.1. The zero-order valence-corrected chi connectivity index (χ0v) is 10.9. The number of halogens is 2. The molecule has 20 heavy (non-hydrogen) atoms. The van der Waals surface area contributed by atoms with Gasteiger partial charge in [-0.1, -0.05) is 5.16 Å². The highest BCUT2D eigenvalue weighted by molar-refractivity contribution is 5.21. The van der Waals surface area contributed by atoms with Crippen molar-refractivity contribution in [2.24, 2.45) is 0 Å². The van der Waals surface area contributed by atoms with E-state index in [0.29, 0.717) is 17.3 Å². The predicted molar refractivity (Wildman–Crippen MR) is 68.3 cm³/mol. The van der Waals surface area contributed by atoms with Crippen LogP contribution >= 0.6 is 0 Å². The molecule has 1 aliphatic heterocycles. The first kappa shape index (κ1) is 13.2. The molecule has 1 aromatic heterocycles. The molecule has 106 valence electrons. The highest BCUT2D eigenvalue weighted by Gasteiger charge is 2.21. The van der Waals surface area contributed by atoms with E-state index < -0.39 is 11.6 Å². The van der Waals surface area contributed by atoms with Crippen molar-refractivity contribution in [3.05, 3.63) is 47.1 Å². The maximum Gasteiger partial charge on any atom is 0.231 e. The first-order valence-electron chi connectivity index (χ1n) is 6.69. The molecule has 4 nitrogen and oxygen atoms in total. The van der Waals surface area contributed by atoms with Gasteiger partial charge in [0, 0.05) is 19.0 Å². The molecule has 0 radical (unpaired) electrons. The maximum atomic E-state index is 13.1. The largest absolute Gasteiger partial charge is 0.339 e. The van der Waals surface area contributed by atoms with Crippen LogP contribution in [0.1, 0.15) is 36.0 Å². The number of benzene rings is 1. The first-order chi connectivity index (χ1) is 9.70. The summed E-state index contributed by atoms with van der Waals surface area (Å²) in [6.45, 7) is 1.84. The van der Waals surface area contributed by atoms with Crippen molar-refractivity contribution in [1.82, 2.24) is 15.5 Å². The lowest BCUT2D eigenvalue weighted by atomic mass is 10.00. The summed E-state index contributed by atoms with van der Waals surface area (Å²) < 4.78 is 31.5. The van der Waals surface area contributed by atoms with Crippen LogP contribution in [-0.4, -0.2) is 23.2 Å². The minimum Gasteiger partial charge on any atom is -0.339 e. The number of nitrogens with one attached hydrogen (secondary N) is 1. The summed E-state index contributed by atoms with van der Waals surface area (Å²) in [6, 6.07) is 3.40. The van der Waals surface area contributed by atoms with Crippen LogP contribution in [0.25, 0.3) is 0 Å². The number of rotatable bonds is 3. The monoisotopic (exact) mass is 279 g/mol. The van der Waals surface area contributed by atoms with E-state index in [0.717, 1.165) is 32.0 Å². The predicted octanol–water partition coefficient (Wildman–Crippen LogP) is 2.41. The smallest absolute Gasteiger partial charge is 0.231 e. The Morgan fingerprint density at radius 1 is 1.25 bits per heavy atom. The number of piperidine rings is 1. The van der Waals surface area contributed by atoms with Gasteiger partial charge < -0.3 is 9.84 Å². The lowest BCUT2D eigenvalue weighted by Gasteiger charge is -2.18. The summed E-state index contributed by atoms with van der Waals surface area (Å²) in [5.41, 5.74) is 0.497. The van der Waals surface area contributed by atoms with Crippen LogP contribution < -0.4 is 5.32 Å². The van der Waals surface area contributed by atoms with Crippen molar-refractivity contribution in [3.63, 3.8) is 0 Å². The van der Waals surface area contributed by atoms with E-state index in [1.165, 1.54) is 12.1 Å². The van der Waals surface area contributed by atoms with Gasteiger partial charge in [-0.05, 0) is 37.1 Å². The van der Waals surface area contributed by atoms with Crippen LogP contribution in [0.3, 0.4) is 0 Å². The third-order valence-corrected chi connectivity index (χ3v) is 3.41. The molecule has 0 aliphatic carbocycles. The Kier molecular flexibility index (Phi) is 3.73. The average Bonchev–Trinajstić information content (AvgIpc) is 2.87. The molecule has 0 amide bonds. The molecule has 1 unspecified atom stereocenters. The lowest BCUT2D eigenvalue weighted by molar-refractivity contribution is 0.320. The van der Waals surface area contributed by atoms with Crippen LogP contribution in [0.4, 0.5) is 8.78 Å². The molecule has 0 saturated carbocycles. The number of hydrogen-bond acceptors (Lipinski definition) is 4. The molecule has 0 spiro atoms. The molecule has 1 saturated heterocycles. The van der Waals surface area contributed by atoms with Gasteiger partial charge in [-0.25, -0.2) is 8.78 Å². The topological polar surface area (TPSA) is 51.0 Å². The Morgan fingerprint density at radius 2 is 2.05 bits per heavy atom. The Labute approximate surface area is 115 Å². The van der Waals surface area contributed by atoms with Crippen molar-refractivity contribution < 1.29 is 13.3 Å². The Hall–Kier alpha value is -1.82. The van der Waals surface area contributed by atoms with Gasteiger partial charge in [0.15, 0.2) is 5.82 Å². The van der Waals surface area contributed by atoms with Crippen molar-refractivity contribution in [2.45, 2.75) is 25.2 Å². The number of aromatic nitrogens is 2. The van der Waals surface area contributed by atoms with Gasteiger partial charge in [-0.2, -0.15) is 4.98 Å². The maximum absolute atomic E-state index is 13.1. The zero-order chi connectivity index (χ0) is 13.9. The molecule has 2 heterocycles. The molecular formula is C14H15F2N3O. The zero-order valence-electron chi connectivity index (χ0n) is 10.9. The van der Waals surface area contributed by atoms with E-state index in [1.54, 1.807) is 0 Å². The minimum absolute atomic E-state index is 0.231. The first-order valence-corrected chi connectivity index (χ1v) is 6.69. The Morgan fingerprint density at radius 3 is 2.75 bits per heavy atom. The van der Waals surface area contributed by atoms with E-state index in [4.69, 9.17) is 4.52 Å². The Bertz CT molecular complexity index is 574. The van der Waals surface area contributed by atoms with Crippen molar-refractivity contribution in [1.29, 1.82) is 0 Å². The van der Waals surface area contributed by atoms with Gasteiger partial charge in [0.05, 0.1) is 5.92 Å². The van der Waals surface area contributed by atoms with E-state index in [2.05, 4.69) is 15.5 Å². The summed E-state index contributed by atoms with van der Waals surface area (Å²) in [4.78, 5) is 4.33. The normalized spacial score (nSPS) is 19.2. The average molecular weight is 279 g/mol. The fourth-order valence-electron chi connectivity index (χ4n) is 2.46. The molecular weight excluding hydrogens is 264 g/mol. The molecule has 3 rings (SSSR count). The third kappa shape index (κ3) is 3.01. The van der Waals surface area contributed by atoms with Gasteiger partial charge in [-0.3, -0.25) is 0 Å². The van der Waals surface area contributed by atoms with E-state index >= 15 is 0 Å². The van der Waals surface area contributed by atoms with Crippen LogP contribution in [-0.2, 0) is 6.42 Å². The van der Waals surface area contributed by atoms with Crippen LogP contribution in [0, 0.1) is 11.6 Å². The second-order valence-corrected chi connectivity index (χ2v) is 5.05. The van der Waals surface area contributed by atoms with E-state index in [-0.39, 0.29) is 12.3 Å². The second kappa shape index (κ2) is 5.66. The van der Waals surface area contributed by atoms with E-state index in [1.807, 2.05) is 0 Å². The highest BCUT2D eigenvalue weighted by Crippen LogP contribution is 2.22. The molecule has 1 fully saturated rings. The Balaban J connectivity index is 1.73. The summed E-state index contributed by atoms with van der Waals surface area (Å²) in [6.07, 6.45) is 2.36. The molecule has 1 aromatic carbocycles. The van der Waals surface area contributed by atoms with Crippen molar-refractivity contribution >= 4 is 0 Å². The van der Waals surface area contributed by atoms with Gasteiger partial charge >= 0.3 is 0 Å². The molecule has 2 aromatic rings. The molecule has 1 atom stereocenters. The van der Waals surface area contributed by atoms with Gasteiger partial charge in [-0.15, -0.1) is 0 Å². The quantitative estimate of drug-likeness (QED) is 0.937. The van der Waals surface area contributed by atoms with Crippen molar-refractivity contribution in [3.8, 4) is 0 Å². The SMILES string of the molecule is Fc1cc(F)cc(Cc2noc(C3CCCNC3)n2)c1. The summed E-state index contributed by atoms with van der Waals surface area (Å²) in [7, 11) is 0. The lowest BCUT2D eigenvalue weighted by Crippen LogP contribution is -2.28.